The molecule has 6 nitrogen and oxygen atoms in total. The predicted octanol–water partition coefficient (Wildman–Crippen LogP) is -0.0504. The van der Waals surface area contributed by atoms with Crippen LogP contribution in [-0.2, 0) is 16.1 Å². The van der Waals surface area contributed by atoms with Crippen LogP contribution in [0.15, 0.2) is 10.6 Å². The fourth-order valence-electron chi connectivity index (χ4n) is 1.21. The van der Waals surface area contributed by atoms with Gasteiger partial charge in [0.15, 0.2) is 11.5 Å². The van der Waals surface area contributed by atoms with Gasteiger partial charge in [-0.05, 0) is 0 Å². The molecule has 1 N–H and O–H groups in total. The molecule has 1 aromatic rings. The summed E-state index contributed by atoms with van der Waals surface area (Å²) < 4.78 is 14.7. The smallest absolute Gasteiger partial charge is 0.273 e. The molecule has 0 unspecified atom stereocenters. The quantitative estimate of drug-likeness (QED) is 0.757. The minimum atomic E-state index is -0.241. The number of nitrogens with zero attached hydrogens (tertiary/aromatic N) is 1. The Labute approximate surface area is 86.5 Å². The number of methoxy groups -OCH3 is 1. The highest BCUT2D eigenvalue weighted by Gasteiger charge is 2.22. The van der Waals surface area contributed by atoms with Gasteiger partial charge in [-0.1, -0.05) is 5.16 Å². The minimum absolute atomic E-state index is 0.0973. The molecule has 1 fully saturated rings. The summed E-state index contributed by atoms with van der Waals surface area (Å²) in [6.07, 6.45) is 0. The molecule has 0 aromatic carbocycles. The number of aromatic nitrogens is 1. The highest BCUT2D eigenvalue weighted by molar-refractivity contribution is 5.92. The lowest BCUT2D eigenvalue weighted by Crippen LogP contribution is -2.48. The lowest BCUT2D eigenvalue weighted by molar-refractivity contribution is -0.00360. The molecule has 0 atom stereocenters. The molecular weight excluding hydrogens is 200 g/mol. The van der Waals surface area contributed by atoms with Gasteiger partial charge in [0.05, 0.1) is 19.3 Å². The molecule has 82 valence electrons. The SMILES string of the molecule is COCc1cc(C(=O)NC2COC2)no1. The molecular formula is C9H12N2O4. The Morgan fingerprint density at radius 3 is 3.13 bits per heavy atom. The first-order valence-corrected chi connectivity index (χ1v) is 4.62. The Morgan fingerprint density at radius 1 is 1.73 bits per heavy atom. The number of hydrogen-bond acceptors (Lipinski definition) is 5. The Bertz CT molecular complexity index is 346. The van der Waals surface area contributed by atoms with E-state index in [1.165, 1.54) is 0 Å². The van der Waals surface area contributed by atoms with Crippen LogP contribution < -0.4 is 5.32 Å². The largest absolute Gasteiger partial charge is 0.377 e. The second-order valence-corrected chi connectivity index (χ2v) is 3.32. The van der Waals surface area contributed by atoms with Crippen LogP contribution in [-0.4, -0.2) is 37.4 Å². The van der Waals surface area contributed by atoms with Crippen molar-refractivity contribution in [3.05, 3.63) is 17.5 Å². The summed E-state index contributed by atoms with van der Waals surface area (Å²) in [6.45, 7) is 1.44. The van der Waals surface area contributed by atoms with E-state index in [0.29, 0.717) is 25.6 Å². The Hall–Kier alpha value is -1.40. The van der Waals surface area contributed by atoms with Crippen LogP contribution in [0.4, 0.5) is 0 Å². The summed E-state index contributed by atoms with van der Waals surface area (Å²) in [7, 11) is 1.55. The first kappa shape index (κ1) is 10.1. The van der Waals surface area contributed by atoms with Gasteiger partial charge in [0.25, 0.3) is 5.91 Å². The van der Waals surface area contributed by atoms with Crippen LogP contribution in [0.3, 0.4) is 0 Å². The maximum atomic E-state index is 11.5. The second-order valence-electron chi connectivity index (χ2n) is 3.32. The Morgan fingerprint density at radius 2 is 2.53 bits per heavy atom. The molecule has 0 aliphatic carbocycles. The van der Waals surface area contributed by atoms with Gasteiger partial charge >= 0.3 is 0 Å². The van der Waals surface area contributed by atoms with Gasteiger partial charge in [-0.3, -0.25) is 4.79 Å². The van der Waals surface area contributed by atoms with E-state index in [1.54, 1.807) is 13.2 Å². The fraction of sp³-hybridized carbons (Fsp3) is 0.556. The highest BCUT2D eigenvalue weighted by Crippen LogP contribution is 2.06. The van der Waals surface area contributed by atoms with Crippen LogP contribution in [0.1, 0.15) is 16.2 Å². The van der Waals surface area contributed by atoms with E-state index < -0.39 is 0 Å². The first-order valence-electron chi connectivity index (χ1n) is 4.62. The number of nitrogens with one attached hydrogen (secondary N) is 1. The minimum Gasteiger partial charge on any atom is -0.377 e. The van der Waals surface area contributed by atoms with Crippen LogP contribution >= 0.6 is 0 Å². The van der Waals surface area contributed by atoms with Crippen molar-refractivity contribution in [2.75, 3.05) is 20.3 Å². The predicted molar refractivity (Wildman–Crippen MR) is 49.3 cm³/mol. The zero-order chi connectivity index (χ0) is 10.7. The first-order chi connectivity index (χ1) is 7.29. The van der Waals surface area contributed by atoms with Gasteiger partial charge in [-0.25, -0.2) is 0 Å². The molecule has 0 saturated carbocycles. The Balaban J connectivity index is 1.92. The fourth-order valence-corrected chi connectivity index (χ4v) is 1.21. The molecule has 2 heterocycles. The second kappa shape index (κ2) is 4.41. The van der Waals surface area contributed by atoms with Gasteiger partial charge in [-0.15, -0.1) is 0 Å². The van der Waals surface area contributed by atoms with E-state index in [9.17, 15) is 4.79 Å². The third kappa shape index (κ3) is 2.34. The van der Waals surface area contributed by atoms with Crippen LogP contribution in [0.2, 0.25) is 0 Å². The average Bonchev–Trinajstić information content (AvgIpc) is 2.60. The number of hydrogen-bond donors (Lipinski definition) is 1. The van der Waals surface area contributed by atoms with Crippen LogP contribution in [0, 0.1) is 0 Å². The molecule has 15 heavy (non-hydrogen) atoms. The molecule has 6 heteroatoms. The van der Waals surface area contributed by atoms with Crippen molar-refractivity contribution in [1.29, 1.82) is 0 Å². The number of carbonyl (C=O) groups excluding carboxylic acids is 1. The average molecular weight is 212 g/mol. The summed E-state index contributed by atoms with van der Waals surface area (Å²) in [5.41, 5.74) is 0.272. The van der Waals surface area contributed by atoms with Crippen molar-refractivity contribution in [2.45, 2.75) is 12.6 Å². The monoisotopic (exact) mass is 212 g/mol. The molecule has 1 aliphatic heterocycles. The topological polar surface area (TPSA) is 73.6 Å². The molecule has 0 bridgehead atoms. The van der Waals surface area contributed by atoms with Crippen molar-refractivity contribution in [3.8, 4) is 0 Å². The van der Waals surface area contributed by atoms with Gasteiger partial charge in [0, 0.05) is 13.2 Å². The van der Waals surface area contributed by atoms with Gasteiger partial charge in [0.1, 0.15) is 6.61 Å². The molecule has 2 rings (SSSR count). The lowest BCUT2D eigenvalue weighted by Gasteiger charge is -2.26. The van der Waals surface area contributed by atoms with Crippen molar-refractivity contribution in [2.24, 2.45) is 0 Å². The van der Waals surface area contributed by atoms with Crippen LogP contribution in [0.5, 0.6) is 0 Å². The molecule has 1 aromatic heterocycles. The summed E-state index contributed by atoms with van der Waals surface area (Å²) >= 11 is 0. The summed E-state index contributed by atoms with van der Waals surface area (Å²) in [5, 5.41) is 6.40. The maximum absolute atomic E-state index is 11.5. The molecule has 0 spiro atoms. The maximum Gasteiger partial charge on any atom is 0.273 e. The van der Waals surface area contributed by atoms with Gasteiger partial charge < -0.3 is 19.3 Å². The third-order valence-corrected chi connectivity index (χ3v) is 2.05. The third-order valence-electron chi connectivity index (χ3n) is 2.05. The standard InChI is InChI=1S/C9H12N2O4/c1-13-5-7-2-8(11-15-7)9(12)10-6-3-14-4-6/h2,6H,3-5H2,1H3,(H,10,12). The number of rotatable bonds is 4. The number of amides is 1. The number of ether oxygens (including phenoxy) is 2. The van der Waals surface area contributed by atoms with Gasteiger partial charge in [-0.2, -0.15) is 0 Å². The van der Waals surface area contributed by atoms with E-state index in [0.717, 1.165) is 0 Å². The van der Waals surface area contributed by atoms with E-state index >= 15 is 0 Å². The van der Waals surface area contributed by atoms with Crippen molar-refractivity contribution in [1.82, 2.24) is 10.5 Å². The summed E-state index contributed by atoms with van der Waals surface area (Å²) in [6, 6.07) is 1.67. The zero-order valence-electron chi connectivity index (χ0n) is 8.36. The number of carbonyl (C=O) groups is 1. The zero-order valence-corrected chi connectivity index (χ0v) is 8.36. The lowest BCUT2D eigenvalue weighted by atomic mass is 10.2. The highest BCUT2D eigenvalue weighted by atomic mass is 16.5. The van der Waals surface area contributed by atoms with Crippen molar-refractivity contribution < 1.29 is 18.8 Å². The molecule has 1 aliphatic rings. The normalized spacial score (nSPS) is 16.1. The van der Waals surface area contributed by atoms with E-state index in [2.05, 4.69) is 10.5 Å². The van der Waals surface area contributed by atoms with Crippen molar-refractivity contribution in [3.63, 3.8) is 0 Å². The molecule has 1 saturated heterocycles. The van der Waals surface area contributed by atoms with Crippen molar-refractivity contribution >= 4 is 5.91 Å². The Kier molecular flexibility index (Phi) is 2.98. The molecule has 0 radical (unpaired) electrons. The molecule has 1 amide bonds. The van der Waals surface area contributed by atoms with Gasteiger partial charge in [0.2, 0.25) is 0 Å². The van der Waals surface area contributed by atoms with Crippen LogP contribution in [0.25, 0.3) is 0 Å². The summed E-state index contributed by atoms with van der Waals surface area (Å²) in [4.78, 5) is 11.5. The summed E-state index contributed by atoms with van der Waals surface area (Å²) in [5.74, 6) is 0.293. The van der Waals surface area contributed by atoms with E-state index in [-0.39, 0.29) is 17.6 Å². The van der Waals surface area contributed by atoms with E-state index in [1.807, 2.05) is 0 Å². The van der Waals surface area contributed by atoms with E-state index in [4.69, 9.17) is 14.0 Å².